The Balaban J connectivity index is 2.44. The van der Waals surface area contributed by atoms with Gasteiger partial charge in [0.1, 0.15) is 0 Å². The second-order valence-corrected chi connectivity index (χ2v) is 5.13. The maximum Gasteiger partial charge on any atom is 0.314 e. The van der Waals surface area contributed by atoms with Gasteiger partial charge in [-0.1, -0.05) is 24.1 Å². The van der Waals surface area contributed by atoms with Crippen LogP contribution in [0.2, 0.25) is 5.02 Å². The summed E-state index contributed by atoms with van der Waals surface area (Å²) < 4.78 is 0.759. The molecule has 1 aliphatic rings. The van der Waals surface area contributed by atoms with Gasteiger partial charge in [-0.25, -0.2) is 0 Å². The average molecular weight is 290 g/mol. The van der Waals surface area contributed by atoms with E-state index >= 15 is 0 Å². The molecule has 0 amide bonds. The van der Waals surface area contributed by atoms with Crippen molar-refractivity contribution in [2.24, 2.45) is 0 Å². The molecule has 2 rings (SSSR count). The Labute approximate surface area is 101 Å². The summed E-state index contributed by atoms with van der Waals surface area (Å²) in [7, 11) is 0. The molecule has 1 N–H and O–H groups in total. The summed E-state index contributed by atoms with van der Waals surface area (Å²) >= 11 is 9.19. The van der Waals surface area contributed by atoms with Gasteiger partial charge in [0.25, 0.3) is 0 Å². The summed E-state index contributed by atoms with van der Waals surface area (Å²) in [6.07, 6.45) is 2.42. The third-order valence-corrected chi connectivity index (χ3v) is 4.30. The molecule has 0 aliphatic heterocycles. The van der Waals surface area contributed by atoms with E-state index in [-0.39, 0.29) is 0 Å². The summed E-state index contributed by atoms with van der Waals surface area (Å²) in [6, 6.07) is 5.36. The molecule has 0 heterocycles. The fraction of sp³-hybridized carbons (Fsp3) is 0.364. The molecule has 1 aromatic rings. The molecule has 4 heteroatoms. The molecular weight excluding hydrogens is 279 g/mol. The van der Waals surface area contributed by atoms with Gasteiger partial charge in [-0.15, -0.1) is 0 Å². The summed E-state index contributed by atoms with van der Waals surface area (Å²) in [5, 5.41) is 9.86. The van der Waals surface area contributed by atoms with Crippen LogP contribution >= 0.6 is 27.5 Å². The Hall–Kier alpha value is -0.540. The fourth-order valence-corrected chi connectivity index (χ4v) is 2.45. The zero-order valence-corrected chi connectivity index (χ0v) is 10.3. The lowest BCUT2D eigenvalue weighted by atomic mass is 9.64. The van der Waals surface area contributed by atoms with Crippen LogP contribution in [0.3, 0.4) is 0 Å². The van der Waals surface area contributed by atoms with Crippen LogP contribution in [0.25, 0.3) is 0 Å². The standard InChI is InChI=1S/C11H10BrClO2/c12-8-6-7(2-3-9(8)13)11(10(14)15)4-1-5-11/h2-3,6H,1,4-5H2,(H,14,15). The first-order chi connectivity index (χ1) is 7.06. The zero-order chi connectivity index (χ0) is 11.1. The average Bonchev–Trinajstić information content (AvgIpc) is 2.08. The van der Waals surface area contributed by atoms with E-state index in [4.69, 9.17) is 11.6 Å². The van der Waals surface area contributed by atoms with Crippen LogP contribution in [-0.4, -0.2) is 11.1 Å². The smallest absolute Gasteiger partial charge is 0.314 e. The molecule has 1 aromatic carbocycles. The molecule has 0 atom stereocenters. The van der Waals surface area contributed by atoms with Crippen molar-refractivity contribution in [2.45, 2.75) is 24.7 Å². The molecule has 1 fully saturated rings. The third-order valence-electron chi connectivity index (χ3n) is 3.09. The second kappa shape index (κ2) is 3.80. The van der Waals surface area contributed by atoms with E-state index in [1.807, 2.05) is 6.07 Å². The Morgan fingerprint density at radius 2 is 2.13 bits per heavy atom. The van der Waals surface area contributed by atoms with Crippen LogP contribution in [0.4, 0.5) is 0 Å². The van der Waals surface area contributed by atoms with E-state index in [9.17, 15) is 9.90 Å². The largest absolute Gasteiger partial charge is 0.481 e. The minimum absolute atomic E-state index is 0.610. The van der Waals surface area contributed by atoms with Gasteiger partial charge in [0, 0.05) is 4.47 Å². The molecule has 1 saturated carbocycles. The number of aliphatic carboxylic acids is 1. The highest BCUT2D eigenvalue weighted by Gasteiger charge is 2.45. The fourth-order valence-electron chi connectivity index (χ4n) is 1.95. The lowest BCUT2D eigenvalue weighted by molar-refractivity contribution is -0.147. The van der Waals surface area contributed by atoms with Gasteiger partial charge in [0.2, 0.25) is 0 Å². The highest BCUT2D eigenvalue weighted by Crippen LogP contribution is 2.45. The van der Waals surface area contributed by atoms with Crippen molar-refractivity contribution >= 4 is 33.5 Å². The second-order valence-electron chi connectivity index (χ2n) is 3.87. The van der Waals surface area contributed by atoms with E-state index < -0.39 is 11.4 Å². The van der Waals surface area contributed by atoms with Gasteiger partial charge < -0.3 is 5.11 Å². The van der Waals surface area contributed by atoms with Crippen molar-refractivity contribution < 1.29 is 9.90 Å². The number of hydrogen-bond acceptors (Lipinski definition) is 1. The predicted octanol–water partition coefficient (Wildman–Crippen LogP) is 3.61. The molecule has 0 unspecified atom stereocenters. The Morgan fingerprint density at radius 1 is 1.47 bits per heavy atom. The number of carboxylic acid groups (broad SMARTS) is 1. The quantitative estimate of drug-likeness (QED) is 0.903. The highest BCUT2D eigenvalue weighted by atomic mass is 79.9. The van der Waals surface area contributed by atoms with Crippen LogP contribution in [-0.2, 0) is 10.2 Å². The summed E-state index contributed by atoms with van der Waals surface area (Å²) in [5.41, 5.74) is 0.171. The molecular formula is C11H10BrClO2. The normalized spacial score (nSPS) is 18.3. The van der Waals surface area contributed by atoms with Crippen LogP contribution < -0.4 is 0 Å². The van der Waals surface area contributed by atoms with E-state index in [0.29, 0.717) is 5.02 Å². The first-order valence-electron chi connectivity index (χ1n) is 4.75. The number of benzene rings is 1. The number of rotatable bonds is 2. The van der Waals surface area contributed by atoms with Crippen molar-refractivity contribution in [1.29, 1.82) is 0 Å². The first-order valence-corrected chi connectivity index (χ1v) is 5.92. The highest BCUT2D eigenvalue weighted by molar-refractivity contribution is 9.10. The summed E-state index contributed by atoms with van der Waals surface area (Å²) in [5.74, 6) is -0.733. The van der Waals surface area contributed by atoms with Crippen molar-refractivity contribution in [3.05, 3.63) is 33.3 Å². The molecule has 15 heavy (non-hydrogen) atoms. The number of hydrogen-bond donors (Lipinski definition) is 1. The van der Waals surface area contributed by atoms with Gasteiger partial charge in [0.15, 0.2) is 0 Å². The van der Waals surface area contributed by atoms with Gasteiger partial charge >= 0.3 is 5.97 Å². The molecule has 0 aromatic heterocycles. The SMILES string of the molecule is O=C(O)C1(c2ccc(Cl)c(Br)c2)CCC1. The minimum Gasteiger partial charge on any atom is -0.481 e. The van der Waals surface area contributed by atoms with Crippen molar-refractivity contribution in [2.75, 3.05) is 0 Å². The summed E-state index contributed by atoms with van der Waals surface area (Å²) in [6.45, 7) is 0. The third kappa shape index (κ3) is 1.68. The number of carboxylic acids is 1. The molecule has 0 radical (unpaired) electrons. The predicted molar refractivity (Wildman–Crippen MR) is 62.3 cm³/mol. The van der Waals surface area contributed by atoms with E-state index in [1.165, 1.54) is 0 Å². The molecule has 1 aliphatic carbocycles. The number of halogens is 2. The lowest BCUT2D eigenvalue weighted by Crippen LogP contribution is -2.42. The number of carbonyl (C=O) groups is 1. The van der Waals surface area contributed by atoms with Gasteiger partial charge in [-0.3, -0.25) is 4.79 Å². The van der Waals surface area contributed by atoms with E-state index in [0.717, 1.165) is 29.3 Å². The minimum atomic E-state index is -0.733. The van der Waals surface area contributed by atoms with E-state index in [1.54, 1.807) is 12.1 Å². The monoisotopic (exact) mass is 288 g/mol. The maximum atomic E-state index is 11.3. The topological polar surface area (TPSA) is 37.3 Å². The van der Waals surface area contributed by atoms with Gasteiger partial charge in [-0.2, -0.15) is 0 Å². The Bertz CT molecular complexity index is 413. The van der Waals surface area contributed by atoms with Gasteiger partial charge in [-0.05, 0) is 46.5 Å². The van der Waals surface area contributed by atoms with E-state index in [2.05, 4.69) is 15.9 Å². The lowest BCUT2D eigenvalue weighted by Gasteiger charge is -2.38. The van der Waals surface area contributed by atoms with Crippen LogP contribution in [0, 0.1) is 0 Å². The van der Waals surface area contributed by atoms with Crippen molar-refractivity contribution in [3.63, 3.8) is 0 Å². The van der Waals surface area contributed by atoms with Crippen LogP contribution in [0.5, 0.6) is 0 Å². The Kier molecular flexibility index (Phi) is 2.77. The first kappa shape index (κ1) is 11.0. The molecule has 0 saturated heterocycles. The summed E-state index contributed by atoms with van der Waals surface area (Å²) in [4.78, 5) is 11.3. The zero-order valence-electron chi connectivity index (χ0n) is 7.96. The van der Waals surface area contributed by atoms with Crippen LogP contribution in [0.1, 0.15) is 24.8 Å². The van der Waals surface area contributed by atoms with Crippen molar-refractivity contribution in [1.82, 2.24) is 0 Å². The Morgan fingerprint density at radius 3 is 2.53 bits per heavy atom. The molecule has 0 spiro atoms. The maximum absolute atomic E-state index is 11.3. The molecule has 0 bridgehead atoms. The van der Waals surface area contributed by atoms with Crippen LogP contribution in [0.15, 0.2) is 22.7 Å². The molecule has 80 valence electrons. The molecule has 2 nitrogen and oxygen atoms in total. The van der Waals surface area contributed by atoms with Crippen molar-refractivity contribution in [3.8, 4) is 0 Å². The van der Waals surface area contributed by atoms with Gasteiger partial charge in [0.05, 0.1) is 10.4 Å².